The number of hydrogen-bond donors (Lipinski definition) is 1. The van der Waals surface area contributed by atoms with E-state index >= 15 is 0 Å². The van der Waals surface area contributed by atoms with Gasteiger partial charge in [0.15, 0.2) is 0 Å². The van der Waals surface area contributed by atoms with Gasteiger partial charge in [0.2, 0.25) is 11.8 Å². The van der Waals surface area contributed by atoms with Crippen molar-refractivity contribution in [2.24, 2.45) is 0 Å². The van der Waals surface area contributed by atoms with Crippen molar-refractivity contribution in [3.05, 3.63) is 60.5 Å². The molecule has 160 valence electrons. The lowest BCUT2D eigenvalue weighted by molar-refractivity contribution is 0.259. The molecule has 3 heterocycles. The number of unbranched alkanes of at least 4 members (excludes halogenated alkanes) is 1. The van der Waals surface area contributed by atoms with Crippen LogP contribution in [0.1, 0.15) is 19.8 Å². The van der Waals surface area contributed by atoms with Gasteiger partial charge in [-0.2, -0.15) is 9.61 Å². The fraction of sp³-hybridized carbons (Fsp3) is 0.261. The summed E-state index contributed by atoms with van der Waals surface area (Å²) in [6, 6.07) is 13.4. The summed E-state index contributed by atoms with van der Waals surface area (Å²) in [6.45, 7) is 2.23. The van der Waals surface area contributed by atoms with E-state index in [1.54, 1.807) is 28.9 Å². The number of pyridine rings is 1. The molecule has 0 spiro atoms. The number of aromatic nitrogens is 4. The maximum atomic E-state index is 13.5. The third kappa shape index (κ3) is 4.47. The minimum atomic E-state index is -0.603. The highest BCUT2D eigenvalue weighted by Crippen LogP contribution is 2.36. The van der Waals surface area contributed by atoms with E-state index < -0.39 is 6.67 Å². The van der Waals surface area contributed by atoms with Crippen molar-refractivity contribution in [3.8, 4) is 28.4 Å². The van der Waals surface area contributed by atoms with E-state index in [-0.39, 0.29) is 12.4 Å². The van der Waals surface area contributed by atoms with E-state index in [9.17, 15) is 8.78 Å². The molecule has 0 saturated carbocycles. The Labute approximate surface area is 178 Å². The van der Waals surface area contributed by atoms with Gasteiger partial charge in [-0.25, -0.2) is 18.7 Å². The largest absolute Gasteiger partial charge is 0.475 e. The zero-order valence-electron chi connectivity index (χ0n) is 17.2. The molecule has 0 atom stereocenters. The van der Waals surface area contributed by atoms with Crippen molar-refractivity contribution in [1.29, 1.82) is 0 Å². The smallest absolute Gasteiger partial charge is 0.223 e. The number of hydrogen-bond acceptors (Lipinski definition) is 5. The summed E-state index contributed by atoms with van der Waals surface area (Å²) in [4.78, 5) is 8.99. The van der Waals surface area contributed by atoms with Gasteiger partial charge in [-0.15, -0.1) is 0 Å². The Kier molecular flexibility index (Phi) is 6.35. The van der Waals surface area contributed by atoms with Crippen molar-refractivity contribution < 1.29 is 13.5 Å². The van der Waals surface area contributed by atoms with Gasteiger partial charge in [0.05, 0.1) is 16.8 Å². The molecule has 4 rings (SSSR count). The van der Waals surface area contributed by atoms with Crippen LogP contribution in [0.25, 0.3) is 28.0 Å². The number of fused-ring (bicyclic) bond motifs is 1. The first-order valence-corrected chi connectivity index (χ1v) is 10.2. The highest BCUT2D eigenvalue weighted by Gasteiger charge is 2.20. The van der Waals surface area contributed by atoms with Gasteiger partial charge in [-0.3, -0.25) is 0 Å². The summed E-state index contributed by atoms with van der Waals surface area (Å²) in [5.41, 5.74) is 3.53. The summed E-state index contributed by atoms with van der Waals surface area (Å²) in [7, 11) is 0. The summed E-state index contributed by atoms with van der Waals surface area (Å²) >= 11 is 0. The van der Waals surface area contributed by atoms with E-state index in [0.717, 1.165) is 36.0 Å². The molecule has 0 bridgehead atoms. The molecule has 0 aliphatic rings. The average Bonchev–Trinajstić information content (AvgIpc) is 3.19. The van der Waals surface area contributed by atoms with Crippen LogP contribution in [0.2, 0.25) is 0 Å². The van der Waals surface area contributed by atoms with Gasteiger partial charge in [0.1, 0.15) is 24.8 Å². The van der Waals surface area contributed by atoms with Gasteiger partial charge >= 0.3 is 0 Å². The second kappa shape index (κ2) is 9.51. The zero-order valence-corrected chi connectivity index (χ0v) is 17.2. The second-order valence-corrected chi connectivity index (χ2v) is 6.97. The number of alkyl halides is 1. The minimum absolute atomic E-state index is 0.0702. The summed E-state index contributed by atoms with van der Waals surface area (Å²) in [5, 5.41) is 7.95. The fourth-order valence-corrected chi connectivity index (χ4v) is 3.32. The third-order valence-corrected chi connectivity index (χ3v) is 4.79. The fourth-order valence-electron chi connectivity index (χ4n) is 3.32. The molecular formula is C23H23F2N5O. The Morgan fingerprint density at radius 2 is 1.94 bits per heavy atom. The molecule has 0 saturated heterocycles. The van der Waals surface area contributed by atoms with Crippen LogP contribution >= 0.6 is 0 Å². The van der Waals surface area contributed by atoms with Gasteiger partial charge in [-0.1, -0.05) is 19.4 Å². The lowest BCUT2D eigenvalue weighted by Gasteiger charge is -2.08. The first-order valence-electron chi connectivity index (χ1n) is 10.2. The van der Waals surface area contributed by atoms with Crippen LogP contribution in [-0.4, -0.2) is 39.4 Å². The first kappa shape index (κ1) is 20.7. The molecule has 0 aliphatic carbocycles. The Morgan fingerprint density at radius 1 is 1.10 bits per heavy atom. The number of benzene rings is 1. The van der Waals surface area contributed by atoms with E-state index in [4.69, 9.17) is 9.84 Å². The molecule has 0 fully saturated rings. The third-order valence-electron chi connectivity index (χ3n) is 4.79. The van der Waals surface area contributed by atoms with Crippen molar-refractivity contribution in [2.45, 2.75) is 19.8 Å². The molecule has 0 amide bonds. The van der Waals surface area contributed by atoms with Crippen LogP contribution < -0.4 is 10.1 Å². The molecule has 1 aromatic carbocycles. The van der Waals surface area contributed by atoms with E-state index in [2.05, 4.69) is 22.2 Å². The molecule has 6 nitrogen and oxygen atoms in total. The molecule has 0 radical (unpaired) electrons. The van der Waals surface area contributed by atoms with Crippen LogP contribution in [0.15, 0.2) is 54.7 Å². The molecule has 3 aromatic heterocycles. The predicted molar refractivity (Wildman–Crippen MR) is 116 cm³/mol. The Balaban J connectivity index is 1.87. The molecule has 0 unspecified atom stereocenters. The van der Waals surface area contributed by atoms with Crippen LogP contribution in [-0.2, 0) is 0 Å². The highest BCUT2D eigenvalue weighted by molar-refractivity contribution is 5.91. The van der Waals surface area contributed by atoms with Crippen LogP contribution in [0.5, 0.6) is 5.88 Å². The highest BCUT2D eigenvalue weighted by atomic mass is 19.1. The van der Waals surface area contributed by atoms with Crippen molar-refractivity contribution in [2.75, 3.05) is 25.1 Å². The number of rotatable bonds is 9. The Bertz CT molecular complexity index is 1160. The molecule has 4 aromatic rings. The molecule has 8 heteroatoms. The van der Waals surface area contributed by atoms with Gasteiger partial charge in [0, 0.05) is 24.4 Å². The maximum absolute atomic E-state index is 13.5. The number of halogens is 2. The Morgan fingerprint density at radius 3 is 2.71 bits per heavy atom. The predicted octanol–water partition coefficient (Wildman–Crippen LogP) is 5.16. The monoisotopic (exact) mass is 423 g/mol. The van der Waals surface area contributed by atoms with E-state index in [0.29, 0.717) is 23.2 Å². The van der Waals surface area contributed by atoms with Crippen molar-refractivity contribution in [3.63, 3.8) is 0 Å². The van der Waals surface area contributed by atoms with E-state index in [1.165, 1.54) is 12.1 Å². The molecule has 31 heavy (non-hydrogen) atoms. The molecule has 0 aliphatic heterocycles. The first-order chi connectivity index (χ1) is 15.2. The van der Waals surface area contributed by atoms with Gasteiger partial charge in [0.25, 0.3) is 0 Å². The molecule has 1 N–H and O–H groups in total. The van der Waals surface area contributed by atoms with Crippen LogP contribution in [0, 0.1) is 5.82 Å². The number of nitrogens with zero attached hydrogens (tertiary/aromatic N) is 4. The van der Waals surface area contributed by atoms with Gasteiger partial charge in [-0.05, 0) is 42.8 Å². The van der Waals surface area contributed by atoms with Crippen molar-refractivity contribution in [1.82, 2.24) is 19.6 Å². The second-order valence-electron chi connectivity index (χ2n) is 6.97. The number of ether oxygens (including phenoxy) is 1. The lowest BCUT2D eigenvalue weighted by atomic mass is 10.0. The SMILES string of the molecule is CCCCNc1nccc(-c2c(-c3ccc(F)cc3)nn3c(OCCF)cccc23)n1. The minimum Gasteiger partial charge on any atom is -0.475 e. The van der Waals surface area contributed by atoms with Crippen LogP contribution in [0.3, 0.4) is 0 Å². The summed E-state index contributed by atoms with van der Waals surface area (Å²) in [5.74, 6) is 0.616. The average molecular weight is 423 g/mol. The molecular weight excluding hydrogens is 400 g/mol. The lowest BCUT2D eigenvalue weighted by Crippen LogP contribution is -2.05. The quantitative estimate of drug-likeness (QED) is 0.377. The van der Waals surface area contributed by atoms with Crippen molar-refractivity contribution >= 4 is 11.5 Å². The topological polar surface area (TPSA) is 64.3 Å². The Hall–Kier alpha value is -3.55. The van der Waals surface area contributed by atoms with Crippen LogP contribution in [0.4, 0.5) is 14.7 Å². The normalized spacial score (nSPS) is 11.1. The number of anilines is 1. The number of nitrogens with one attached hydrogen (secondary N) is 1. The standard InChI is InChI=1S/C23H23F2N5O/c1-2-3-13-26-23-27-14-11-18(28-23)21-19-5-4-6-20(31-15-12-24)30(19)29-22(21)16-7-9-17(25)10-8-16/h4-11,14H,2-3,12-13,15H2,1H3,(H,26,27,28). The summed E-state index contributed by atoms with van der Waals surface area (Å²) < 4.78 is 33.4. The summed E-state index contributed by atoms with van der Waals surface area (Å²) in [6.07, 6.45) is 3.77. The zero-order chi connectivity index (χ0) is 21.6. The maximum Gasteiger partial charge on any atom is 0.223 e. The van der Waals surface area contributed by atoms with Gasteiger partial charge < -0.3 is 10.1 Å². The van der Waals surface area contributed by atoms with E-state index in [1.807, 2.05) is 18.2 Å².